The normalized spacial score (nSPS) is 14.0. The predicted molar refractivity (Wildman–Crippen MR) is 77.2 cm³/mol. The number of nitrogens with one attached hydrogen (secondary N) is 1. The number of hydrogen-bond acceptors (Lipinski definition) is 4. The molecule has 0 bridgehead atoms. The Morgan fingerprint density at radius 2 is 2.28 bits per heavy atom. The Bertz CT molecular complexity index is 404. The third-order valence-electron chi connectivity index (χ3n) is 2.67. The lowest BCUT2D eigenvalue weighted by Gasteiger charge is -2.21. The first-order valence-electron chi connectivity index (χ1n) is 5.49. The Kier molecular flexibility index (Phi) is 5.78. The fourth-order valence-corrected chi connectivity index (χ4v) is 2.48. The van der Waals surface area contributed by atoms with E-state index in [1.54, 1.807) is 18.2 Å². The highest BCUT2D eigenvalue weighted by Gasteiger charge is 2.20. The van der Waals surface area contributed by atoms with Crippen molar-refractivity contribution in [3.8, 4) is 0 Å². The Morgan fingerprint density at radius 1 is 1.61 bits per heavy atom. The van der Waals surface area contributed by atoms with Crippen LogP contribution in [-0.2, 0) is 0 Å². The van der Waals surface area contributed by atoms with E-state index in [1.165, 1.54) is 11.8 Å². The highest BCUT2D eigenvalue weighted by atomic mass is 35.5. The zero-order valence-corrected chi connectivity index (χ0v) is 11.9. The van der Waals surface area contributed by atoms with Gasteiger partial charge >= 0.3 is 0 Å². The maximum absolute atomic E-state index is 12.1. The molecular formula is C12H17ClN2O2S. The Hall–Kier alpha value is -0.910. The third kappa shape index (κ3) is 3.54. The van der Waals surface area contributed by atoms with Gasteiger partial charge in [0.2, 0.25) is 0 Å². The molecule has 0 saturated carbocycles. The van der Waals surface area contributed by atoms with Crippen molar-refractivity contribution in [2.75, 3.05) is 18.6 Å². The Morgan fingerprint density at radius 3 is 2.78 bits per heavy atom. The first-order valence-corrected chi connectivity index (χ1v) is 7.16. The largest absolute Gasteiger partial charge is 0.398 e. The second-order valence-electron chi connectivity index (χ2n) is 3.92. The molecule has 0 aromatic heterocycles. The predicted octanol–water partition coefficient (Wildman–Crippen LogP) is 1.76. The van der Waals surface area contributed by atoms with E-state index in [-0.39, 0.29) is 29.4 Å². The van der Waals surface area contributed by atoms with Gasteiger partial charge in [-0.25, -0.2) is 0 Å². The van der Waals surface area contributed by atoms with Crippen LogP contribution in [0.1, 0.15) is 17.3 Å². The lowest BCUT2D eigenvalue weighted by molar-refractivity contribution is 0.0937. The summed E-state index contributed by atoms with van der Waals surface area (Å²) < 4.78 is 0. The van der Waals surface area contributed by atoms with Crippen LogP contribution >= 0.6 is 23.4 Å². The molecule has 0 spiro atoms. The molecule has 4 nitrogen and oxygen atoms in total. The first-order chi connectivity index (χ1) is 8.51. The number of carbonyl (C=O) groups excluding carboxylic acids is 1. The molecule has 4 N–H and O–H groups in total. The molecule has 6 heteroatoms. The summed E-state index contributed by atoms with van der Waals surface area (Å²) in [5, 5.41) is 12.2. The number of thioether (sulfide) groups is 1. The number of hydrogen-bond donors (Lipinski definition) is 3. The molecule has 18 heavy (non-hydrogen) atoms. The quantitative estimate of drug-likeness (QED) is 0.722. The van der Waals surface area contributed by atoms with Gasteiger partial charge in [-0.3, -0.25) is 4.79 Å². The number of carbonyl (C=O) groups is 1. The van der Waals surface area contributed by atoms with Crippen molar-refractivity contribution in [3.05, 3.63) is 28.8 Å². The summed E-state index contributed by atoms with van der Waals surface area (Å²) in [6.45, 7) is 1.84. The number of nitrogens with two attached hydrogens (primary N) is 1. The van der Waals surface area contributed by atoms with E-state index in [2.05, 4.69) is 5.32 Å². The molecule has 1 amide bonds. The average molecular weight is 289 g/mol. The van der Waals surface area contributed by atoms with Gasteiger partial charge in [-0.15, -0.1) is 0 Å². The minimum atomic E-state index is -0.321. The average Bonchev–Trinajstić information content (AvgIpc) is 2.30. The summed E-state index contributed by atoms with van der Waals surface area (Å²) in [4.78, 5) is 12.1. The fraction of sp³-hybridized carbons (Fsp3) is 0.417. The van der Waals surface area contributed by atoms with Crippen molar-refractivity contribution >= 4 is 35.0 Å². The standard InChI is InChI=1S/C12H17ClN2O2S/c1-7(10(6-16)18-2)15-12(17)11-8(13)4-3-5-9(11)14/h3-5,7,10,16H,6,14H2,1-2H3,(H,15,17). The lowest BCUT2D eigenvalue weighted by Crippen LogP contribution is -2.41. The van der Waals surface area contributed by atoms with E-state index in [1.807, 2.05) is 13.2 Å². The molecule has 2 unspecified atom stereocenters. The van der Waals surface area contributed by atoms with Crippen molar-refractivity contribution < 1.29 is 9.90 Å². The van der Waals surface area contributed by atoms with Crippen LogP contribution in [0, 0.1) is 0 Å². The Labute approximate surface area is 116 Å². The van der Waals surface area contributed by atoms with E-state index in [0.717, 1.165) is 0 Å². The van der Waals surface area contributed by atoms with E-state index < -0.39 is 0 Å². The minimum Gasteiger partial charge on any atom is -0.398 e. The zero-order chi connectivity index (χ0) is 13.7. The third-order valence-corrected chi connectivity index (χ3v) is 4.15. The van der Waals surface area contributed by atoms with Gasteiger partial charge in [0.05, 0.1) is 17.2 Å². The molecular weight excluding hydrogens is 272 g/mol. The number of halogens is 1. The summed E-state index contributed by atoms with van der Waals surface area (Å²) in [6.07, 6.45) is 1.88. The monoisotopic (exact) mass is 288 g/mol. The van der Waals surface area contributed by atoms with Crippen molar-refractivity contribution in [2.45, 2.75) is 18.2 Å². The van der Waals surface area contributed by atoms with Crippen molar-refractivity contribution in [1.82, 2.24) is 5.32 Å². The second-order valence-corrected chi connectivity index (χ2v) is 5.41. The number of aliphatic hydroxyl groups excluding tert-OH is 1. The van der Waals surface area contributed by atoms with E-state index in [9.17, 15) is 4.79 Å². The van der Waals surface area contributed by atoms with E-state index >= 15 is 0 Å². The van der Waals surface area contributed by atoms with Crippen LogP contribution in [0.3, 0.4) is 0 Å². The molecule has 1 rings (SSSR count). The topological polar surface area (TPSA) is 75.3 Å². The fourth-order valence-electron chi connectivity index (χ4n) is 1.59. The van der Waals surface area contributed by atoms with Crippen molar-refractivity contribution in [3.63, 3.8) is 0 Å². The summed E-state index contributed by atoms with van der Waals surface area (Å²) in [6, 6.07) is 4.77. The van der Waals surface area contributed by atoms with Gasteiger partial charge in [0.1, 0.15) is 0 Å². The maximum Gasteiger partial charge on any atom is 0.255 e. The van der Waals surface area contributed by atoms with Gasteiger partial charge < -0.3 is 16.2 Å². The summed E-state index contributed by atoms with van der Waals surface area (Å²) >= 11 is 7.45. The van der Waals surface area contributed by atoms with Gasteiger partial charge in [-0.1, -0.05) is 17.7 Å². The number of benzene rings is 1. The Balaban J connectivity index is 2.83. The zero-order valence-electron chi connectivity index (χ0n) is 10.3. The molecule has 0 heterocycles. The highest BCUT2D eigenvalue weighted by Crippen LogP contribution is 2.22. The van der Waals surface area contributed by atoms with Crippen LogP contribution in [-0.4, -0.2) is 35.2 Å². The molecule has 1 aromatic carbocycles. The van der Waals surface area contributed by atoms with Crippen LogP contribution < -0.4 is 11.1 Å². The molecule has 0 aliphatic heterocycles. The van der Waals surface area contributed by atoms with Gasteiger partial charge in [0.15, 0.2) is 0 Å². The molecule has 0 saturated heterocycles. The second kappa shape index (κ2) is 6.87. The van der Waals surface area contributed by atoms with Crippen molar-refractivity contribution in [2.24, 2.45) is 0 Å². The molecule has 0 radical (unpaired) electrons. The summed E-state index contributed by atoms with van der Waals surface area (Å²) in [7, 11) is 0. The molecule has 0 aliphatic carbocycles. The number of amides is 1. The van der Waals surface area contributed by atoms with Crippen molar-refractivity contribution in [1.29, 1.82) is 0 Å². The van der Waals surface area contributed by atoms with Crippen LogP contribution in [0.15, 0.2) is 18.2 Å². The van der Waals surface area contributed by atoms with E-state index in [0.29, 0.717) is 10.7 Å². The van der Waals surface area contributed by atoms with Gasteiger partial charge in [-0.05, 0) is 25.3 Å². The molecule has 0 fully saturated rings. The van der Waals surface area contributed by atoms with Crippen LogP contribution in [0.5, 0.6) is 0 Å². The smallest absolute Gasteiger partial charge is 0.255 e. The van der Waals surface area contributed by atoms with Crippen LogP contribution in [0.2, 0.25) is 5.02 Å². The molecule has 100 valence electrons. The van der Waals surface area contributed by atoms with Gasteiger partial charge in [-0.2, -0.15) is 11.8 Å². The summed E-state index contributed by atoms with van der Waals surface area (Å²) in [5.41, 5.74) is 6.36. The summed E-state index contributed by atoms with van der Waals surface area (Å²) in [5.74, 6) is -0.321. The van der Waals surface area contributed by atoms with Crippen LogP contribution in [0.25, 0.3) is 0 Å². The van der Waals surface area contributed by atoms with Crippen LogP contribution in [0.4, 0.5) is 5.69 Å². The first kappa shape index (κ1) is 15.1. The highest BCUT2D eigenvalue weighted by molar-refractivity contribution is 7.99. The molecule has 1 aromatic rings. The maximum atomic E-state index is 12.1. The number of nitrogen functional groups attached to an aromatic ring is 1. The minimum absolute atomic E-state index is 0.000612. The van der Waals surface area contributed by atoms with E-state index in [4.69, 9.17) is 22.4 Å². The van der Waals surface area contributed by atoms with Gasteiger partial charge in [0, 0.05) is 17.0 Å². The molecule has 2 atom stereocenters. The number of rotatable bonds is 5. The SMILES string of the molecule is CSC(CO)C(C)NC(=O)c1c(N)cccc1Cl. The van der Waals surface area contributed by atoms with Gasteiger partial charge in [0.25, 0.3) is 5.91 Å². The number of anilines is 1. The lowest BCUT2D eigenvalue weighted by atomic mass is 10.1. The number of aliphatic hydroxyl groups is 1. The molecule has 0 aliphatic rings.